The second kappa shape index (κ2) is 11.1. The van der Waals surface area contributed by atoms with Gasteiger partial charge in [0, 0.05) is 24.1 Å². The molecule has 35 heavy (non-hydrogen) atoms. The molecule has 7 heteroatoms. The van der Waals surface area contributed by atoms with Crippen molar-refractivity contribution < 1.29 is 18.8 Å². The molecule has 1 aliphatic heterocycles. The summed E-state index contributed by atoms with van der Waals surface area (Å²) in [6.07, 6.45) is 8.56. The molecule has 1 atom stereocenters. The number of benzene rings is 1. The van der Waals surface area contributed by atoms with E-state index in [4.69, 9.17) is 13.9 Å². The van der Waals surface area contributed by atoms with Crippen LogP contribution in [-0.4, -0.2) is 18.6 Å². The summed E-state index contributed by atoms with van der Waals surface area (Å²) in [5.74, 6) is 0.746. The average molecular weight is 478 g/mol. The van der Waals surface area contributed by atoms with Gasteiger partial charge in [-0.2, -0.15) is 0 Å². The predicted molar refractivity (Wildman–Crippen MR) is 137 cm³/mol. The molecule has 0 amide bonds. The summed E-state index contributed by atoms with van der Waals surface area (Å²) in [7, 11) is 1.48. The van der Waals surface area contributed by atoms with E-state index >= 15 is 0 Å². The van der Waals surface area contributed by atoms with E-state index in [9.17, 15) is 14.9 Å². The summed E-state index contributed by atoms with van der Waals surface area (Å²) in [4.78, 5) is 22.9. The number of hydrogen-bond donors (Lipinski definition) is 0. The Hall–Kier alpha value is -3.71. The van der Waals surface area contributed by atoms with Crippen LogP contribution >= 0.6 is 0 Å². The zero-order valence-corrected chi connectivity index (χ0v) is 21.0. The van der Waals surface area contributed by atoms with Gasteiger partial charge >= 0.3 is 0 Å². The minimum atomic E-state index is -0.404. The zero-order valence-electron chi connectivity index (χ0n) is 21.0. The first kappa shape index (κ1) is 25.9. The number of nitrogens with zero attached hydrogens (tertiary/aromatic N) is 1. The van der Waals surface area contributed by atoms with E-state index in [2.05, 4.69) is 18.2 Å². The maximum Gasteiger partial charge on any atom is 0.291 e. The van der Waals surface area contributed by atoms with Gasteiger partial charge in [-0.3, -0.25) is 14.9 Å². The van der Waals surface area contributed by atoms with Crippen molar-refractivity contribution in [1.82, 2.24) is 0 Å². The lowest BCUT2D eigenvalue weighted by Gasteiger charge is -2.13. The molecule has 1 aromatic heterocycles. The van der Waals surface area contributed by atoms with Crippen molar-refractivity contribution in [2.45, 2.75) is 47.1 Å². The molecule has 1 saturated heterocycles. The molecule has 2 aromatic rings. The number of nitro groups is 1. The Labute approximate surface area is 205 Å². The van der Waals surface area contributed by atoms with Crippen LogP contribution in [0.1, 0.15) is 55.7 Å². The van der Waals surface area contributed by atoms with Crippen molar-refractivity contribution >= 4 is 11.8 Å². The molecular weight excluding hydrogens is 446 g/mol. The zero-order chi connectivity index (χ0) is 25.7. The van der Waals surface area contributed by atoms with Gasteiger partial charge < -0.3 is 13.9 Å². The monoisotopic (exact) mass is 477 g/mol. The molecule has 1 aliphatic rings. The highest BCUT2D eigenvalue weighted by Crippen LogP contribution is 2.35. The molecule has 1 fully saturated rings. The standard InChI is InChI=1S/C28H31NO6/c1-17(11-18(2)13-22-7-9-24(10-8-22)29(31)32)12-19(3)14-23-15-25(34-16-23)27-20(4)26(30)21(5)28(33-6)35-27/h7-14,25H,15-16H2,1-6H3/b17-11+,18-13+,19-12+,23-14+. The number of rotatable bonds is 7. The van der Waals surface area contributed by atoms with E-state index < -0.39 is 4.92 Å². The van der Waals surface area contributed by atoms with Gasteiger partial charge in [0.05, 0.1) is 24.2 Å². The molecule has 0 aliphatic carbocycles. The number of allylic oxidation sites excluding steroid dienone is 6. The van der Waals surface area contributed by atoms with Gasteiger partial charge in [0.15, 0.2) is 5.43 Å². The molecule has 1 aromatic carbocycles. The van der Waals surface area contributed by atoms with Crippen molar-refractivity contribution in [2.24, 2.45) is 0 Å². The quantitative estimate of drug-likeness (QED) is 0.255. The molecule has 0 N–H and O–H groups in total. The third kappa shape index (κ3) is 6.45. The molecule has 0 bridgehead atoms. The Morgan fingerprint density at radius 1 is 1.06 bits per heavy atom. The highest BCUT2D eigenvalue weighted by Gasteiger charge is 2.28. The Balaban J connectivity index is 1.71. The van der Waals surface area contributed by atoms with Crippen LogP contribution in [0.3, 0.4) is 0 Å². The molecule has 1 unspecified atom stereocenters. The van der Waals surface area contributed by atoms with Crippen LogP contribution in [0.5, 0.6) is 5.95 Å². The fraction of sp³-hybridized carbons (Fsp3) is 0.321. The van der Waals surface area contributed by atoms with Crippen LogP contribution < -0.4 is 10.2 Å². The van der Waals surface area contributed by atoms with E-state index in [1.807, 2.05) is 26.8 Å². The van der Waals surface area contributed by atoms with Crippen LogP contribution in [-0.2, 0) is 4.74 Å². The van der Waals surface area contributed by atoms with E-state index in [1.165, 1.54) is 19.2 Å². The van der Waals surface area contributed by atoms with Crippen molar-refractivity contribution in [3.8, 4) is 5.95 Å². The smallest absolute Gasteiger partial charge is 0.291 e. The van der Waals surface area contributed by atoms with Gasteiger partial charge in [-0.25, -0.2) is 0 Å². The highest BCUT2D eigenvalue weighted by atomic mass is 16.6. The summed E-state index contributed by atoms with van der Waals surface area (Å²) in [6, 6.07) is 6.48. The van der Waals surface area contributed by atoms with E-state index in [-0.39, 0.29) is 23.2 Å². The maximum absolute atomic E-state index is 12.5. The van der Waals surface area contributed by atoms with E-state index in [1.54, 1.807) is 26.0 Å². The van der Waals surface area contributed by atoms with Gasteiger partial charge in [-0.05, 0) is 57.9 Å². The van der Waals surface area contributed by atoms with Crippen molar-refractivity contribution in [1.29, 1.82) is 0 Å². The lowest BCUT2D eigenvalue weighted by Crippen LogP contribution is -2.15. The summed E-state index contributed by atoms with van der Waals surface area (Å²) in [5.41, 5.74) is 6.23. The van der Waals surface area contributed by atoms with Gasteiger partial charge in [0.25, 0.3) is 11.6 Å². The normalized spacial score (nSPS) is 18.3. The summed E-state index contributed by atoms with van der Waals surface area (Å²) in [6.45, 7) is 9.97. The summed E-state index contributed by atoms with van der Waals surface area (Å²) in [5, 5.41) is 10.8. The second-order valence-corrected chi connectivity index (χ2v) is 8.86. The van der Waals surface area contributed by atoms with Gasteiger partial charge in [-0.15, -0.1) is 0 Å². The third-order valence-corrected chi connectivity index (χ3v) is 5.80. The first-order chi connectivity index (χ1) is 16.6. The Kier molecular flexibility index (Phi) is 8.25. The minimum Gasteiger partial charge on any atom is -0.468 e. The summed E-state index contributed by atoms with van der Waals surface area (Å²) < 4.78 is 17.0. The van der Waals surface area contributed by atoms with Gasteiger partial charge in [0.1, 0.15) is 11.9 Å². The third-order valence-electron chi connectivity index (χ3n) is 5.80. The first-order valence-corrected chi connectivity index (χ1v) is 11.4. The molecule has 0 radical (unpaired) electrons. The van der Waals surface area contributed by atoms with Crippen LogP contribution in [0.15, 0.2) is 74.0 Å². The fourth-order valence-corrected chi connectivity index (χ4v) is 4.19. The predicted octanol–water partition coefficient (Wildman–Crippen LogP) is 6.56. The first-order valence-electron chi connectivity index (χ1n) is 11.4. The SMILES string of the molecule is COc1oc(C2C\C(=C/C(C)=C/C(C)=C/C(C)=C/c3ccc([N+](=O)[O-])cc3)CO2)c(C)c(=O)c1C. The second-order valence-electron chi connectivity index (χ2n) is 8.86. The lowest BCUT2D eigenvalue weighted by molar-refractivity contribution is -0.384. The average Bonchev–Trinajstić information content (AvgIpc) is 3.25. The minimum absolute atomic E-state index is 0.0788. The van der Waals surface area contributed by atoms with Crippen LogP contribution in [0.4, 0.5) is 5.69 Å². The van der Waals surface area contributed by atoms with Crippen molar-refractivity contribution in [3.05, 3.63) is 108 Å². The Bertz CT molecular complexity index is 1290. The van der Waals surface area contributed by atoms with E-state index in [0.29, 0.717) is 29.9 Å². The summed E-state index contributed by atoms with van der Waals surface area (Å²) >= 11 is 0. The molecule has 184 valence electrons. The molecule has 0 spiro atoms. The molecule has 3 rings (SSSR count). The van der Waals surface area contributed by atoms with Crippen LogP contribution in [0.2, 0.25) is 0 Å². The van der Waals surface area contributed by atoms with Crippen LogP contribution in [0, 0.1) is 24.0 Å². The number of hydrogen-bond acceptors (Lipinski definition) is 6. The molecule has 2 heterocycles. The van der Waals surface area contributed by atoms with Crippen LogP contribution in [0.25, 0.3) is 6.08 Å². The lowest BCUT2D eigenvalue weighted by atomic mass is 10.0. The fourth-order valence-electron chi connectivity index (χ4n) is 4.19. The topological polar surface area (TPSA) is 91.8 Å². The molecular formula is C28H31NO6. The maximum atomic E-state index is 12.5. The van der Waals surface area contributed by atoms with E-state index in [0.717, 1.165) is 27.9 Å². The highest BCUT2D eigenvalue weighted by molar-refractivity contribution is 5.57. The largest absolute Gasteiger partial charge is 0.468 e. The van der Waals surface area contributed by atoms with Gasteiger partial charge in [0.2, 0.25) is 0 Å². The van der Waals surface area contributed by atoms with Crippen molar-refractivity contribution in [3.63, 3.8) is 0 Å². The number of non-ortho nitro benzene ring substituents is 1. The molecule has 7 nitrogen and oxygen atoms in total. The van der Waals surface area contributed by atoms with Crippen molar-refractivity contribution in [2.75, 3.05) is 13.7 Å². The number of nitro benzene ring substituents is 1. The Morgan fingerprint density at radius 3 is 2.34 bits per heavy atom. The van der Waals surface area contributed by atoms with Gasteiger partial charge in [-0.1, -0.05) is 41.0 Å². The molecule has 0 saturated carbocycles. The number of methoxy groups -OCH3 is 1. The Morgan fingerprint density at radius 2 is 1.71 bits per heavy atom. The number of ether oxygens (including phenoxy) is 2.